The molecule has 0 aromatic carbocycles. The van der Waals surface area contributed by atoms with Gasteiger partial charge in [-0.1, -0.05) is 11.6 Å². The van der Waals surface area contributed by atoms with Gasteiger partial charge < -0.3 is 0 Å². The summed E-state index contributed by atoms with van der Waals surface area (Å²) in [5.41, 5.74) is 0. The standard InChI is InChI=1S/C9H11ClN2O3S2/c10-8-5-9(7-11-6-8)17(14,15)12-16(13)3-1-2-4-16/h5-7H,1-4H2. The molecule has 1 aromatic rings. The molecule has 1 fully saturated rings. The number of pyridine rings is 1. The smallest absolute Gasteiger partial charge is 0.262 e. The molecule has 0 amide bonds. The first-order valence-corrected chi connectivity index (χ1v) is 8.68. The predicted octanol–water partition coefficient (Wildman–Crippen LogP) is 1.69. The van der Waals surface area contributed by atoms with E-state index >= 15 is 0 Å². The minimum Gasteiger partial charge on any atom is -0.262 e. The highest BCUT2D eigenvalue weighted by molar-refractivity contribution is 8.03. The molecule has 94 valence electrons. The van der Waals surface area contributed by atoms with Gasteiger partial charge in [-0.05, 0) is 18.9 Å². The quantitative estimate of drug-likeness (QED) is 0.831. The minimum atomic E-state index is -3.92. The Bertz CT molecular complexity index is 636. The Balaban J connectivity index is 2.48. The lowest BCUT2D eigenvalue weighted by atomic mass is 10.4. The molecule has 5 nitrogen and oxygen atoms in total. The zero-order valence-electron chi connectivity index (χ0n) is 8.87. The van der Waals surface area contributed by atoms with Crippen molar-refractivity contribution in [2.45, 2.75) is 17.7 Å². The van der Waals surface area contributed by atoms with Crippen LogP contribution in [0.15, 0.2) is 27.1 Å². The summed E-state index contributed by atoms with van der Waals surface area (Å²) in [7, 11) is -6.53. The molecule has 0 radical (unpaired) electrons. The van der Waals surface area contributed by atoms with E-state index in [9.17, 15) is 12.6 Å². The van der Waals surface area contributed by atoms with Gasteiger partial charge in [0.2, 0.25) is 0 Å². The van der Waals surface area contributed by atoms with E-state index < -0.39 is 19.8 Å². The lowest BCUT2D eigenvalue weighted by molar-refractivity contribution is 0.597. The molecule has 17 heavy (non-hydrogen) atoms. The Labute approximate surface area is 105 Å². The van der Waals surface area contributed by atoms with Crippen molar-refractivity contribution in [3.05, 3.63) is 23.5 Å². The topological polar surface area (TPSA) is 76.5 Å². The molecular formula is C9H11ClN2O3S2. The first-order chi connectivity index (χ1) is 7.91. The van der Waals surface area contributed by atoms with Gasteiger partial charge in [-0.25, -0.2) is 4.21 Å². The summed E-state index contributed by atoms with van der Waals surface area (Å²) in [4.78, 5) is 3.57. The lowest BCUT2D eigenvalue weighted by Gasteiger charge is -2.02. The maximum atomic E-state index is 12.1. The van der Waals surface area contributed by atoms with Gasteiger partial charge in [-0.3, -0.25) is 4.98 Å². The highest BCUT2D eigenvalue weighted by Crippen LogP contribution is 2.21. The molecule has 8 heteroatoms. The zero-order chi connectivity index (χ0) is 12.5. The average molecular weight is 295 g/mol. The number of hydrogen-bond acceptors (Lipinski definition) is 4. The monoisotopic (exact) mass is 294 g/mol. The van der Waals surface area contributed by atoms with E-state index in [2.05, 4.69) is 8.75 Å². The predicted molar refractivity (Wildman–Crippen MR) is 66.0 cm³/mol. The highest BCUT2D eigenvalue weighted by Gasteiger charge is 2.22. The Morgan fingerprint density at radius 1 is 1.29 bits per heavy atom. The highest BCUT2D eigenvalue weighted by atomic mass is 35.5. The number of halogens is 1. The van der Waals surface area contributed by atoms with E-state index in [-0.39, 0.29) is 9.92 Å². The van der Waals surface area contributed by atoms with Crippen molar-refractivity contribution in [1.29, 1.82) is 0 Å². The fraction of sp³-hybridized carbons (Fsp3) is 0.444. The summed E-state index contributed by atoms with van der Waals surface area (Å²) < 4.78 is 39.4. The van der Waals surface area contributed by atoms with Crippen molar-refractivity contribution in [3.63, 3.8) is 0 Å². The van der Waals surface area contributed by atoms with Gasteiger partial charge in [-0.15, -0.1) is 3.77 Å². The zero-order valence-corrected chi connectivity index (χ0v) is 11.3. The molecule has 0 N–H and O–H groups in total. The molecule has 0 unspecified atom stereocenters. The van der Waals surface area contributed by atoms with Crippen LogP contribution in [0.2, 0.25) is 5.02 Å². The van der Waals surface area contributed by atoms with Crippen LogP contribution in [0.5, 0.6) is 0 Å². The van der Waals surface area contributed by atoms with Crippen LogP contribution in [-0.2, 0) is 19.8 Å². The molecule has 1 aliphatic rings. The summed E-state index contributed by atoms with van der Waals surface area (Å²) in [6.45, 7) is 0. The molecule has 0 atom stereocenters. The van der Waals surface area contributed by atoms with E-state index in [0.29, 0.717) is 11.5 Å². The fourth-order valence-electron chi connectivity index (χ4n) is 1.59. The molecular weight excluding hydrogens is 284 g/mol. The molecule has 0 bridgehead atoms. The molecule has 0 aliphatic carbocycles. The van der Waals surface area contributed by atoms with Gasteiger partial charge in [0.15, 0.2) is 0 Å². The molecule has 2 rings (SSSR count). The van der Waals surface area contributed by atoms with Crippen molar-refractivity contribution >= 4 is 31.4 Å². The van der Waals surface area contributed by atoms with Crippen molar-refractivity contribution in [1.82, 2.24) is 4.98 Å². The van der Waals surface area contributed by atoms with Gasteiger partial charge in [0, 0.05) is 23.9 Å². The normalized spacial score (nSPS) is 19.1. The van der Waals surface area contributed by atoms with Crippen LogP contribution < -0.4 is 0 Å². The summed E-state index contributed by atoms with van der Waals surface area (Å²) in [5.74, 6) is 0.695. The minimum absolute atomic E-state index is 0.111. The third kappa shape index (κ3) is 2.97. The Hall–Kier alpha value is -0.660. The van der Waals surface area contributed by atoms with Crippen molar-refractivity contribution in [2.75, 3.05) is 11.5 Å². The van der Waals surface area contributed by atoms with Gasteiger partial charge in [0.1, 0.15) is 4.90 Å². The molecule has 1 aromatic heterocycles. The van der Waals surface area contributed by atoms with Crippen LogP contribution in [0.4, 0.5) is 0 Å². The number of aromatic nitrogens is 1. The number of nitrogens with zero attached hydrogens (tertiary/aromatic N) is 2. The van der Waals surface area contributed by atoms with Crippen LogP contribution >= 0.6 is 11.6 Å². The molecule has 2 heterocycles. The van der Waals surface area contributed by atoms with Crippen LogP contribution in [0.1, 0.15) is 12.8 Å². The molecule has 1 saturated heterocycles. The summed E-state index contributed by atoms with van der Waals surface area (Å²) in [6.07, 6.45) is 4.00. The van der Waals surface area contributed by atoms with Crippen molar-refractivity contribution in [3.8, 4) is 0 Å². The first kappa shape index (κ1) is 12.8. The van der Waals surface area contributed by atoms with Crippen molar-refractivity contribution in [2.24, 2.45) is 3.77 Å². The Morgan fingerprint density at radius 3 is 2.53 bits per heavy atom. The third-order valence-electron chi connectivity index (χ3n) is 2.39. The molecule has 0 saturated carbocycles. The van der Waals surface area contributed by atoms with E-state index in [1.807, 2.05) is 0 Å². The number of rotatable bonds is 2. The van der Waals surface area contributed by atoms with E-state index in [4.69, 9.17) is 11.6 Å². The number of hydrogen-bond donors (Lipinski definition) is 0. The van der Waals surface area contributed by atoms with Gasteiger partial charge in [-0.2, -0.15) is 8.42 Å². The first-order valence-electron chi connectivity index (χ1n) is 5.01. The third-order valence-corrected chi connectivity index (χ3v) is 7.14. The second-order valence-corrected chi connectivity index (χ2v) is 8.59. The maximum Gasteiger partial charge on any atom is 0.291 e. The second kappa shape index (κ2) is 4.55. The Morgan fingerprint density at radius 2 is 1.94 bits per heavy atom. The summed E-state index contributed by atoms with van der Waals surface area (Å²) >= 11 is 5.66. The van der Waals surface area contributed by atoms with Crippen LogP contribution in [0.3, 0.4) is 0 Å². The molecule has 1 aliphatic heterocycles. The second-order valence-electron chi connectivity index (χ2n) is 3.78. The van der Waals surface area contributed by atoms with Gasteiger partial charge in [0.05, 0.1) is 14.8 Å². The van der Waals surface area contributed by atoms with Gasteiger partial charge in [0.25, 0.3) is 10.0 Å². The van der Waals surface area contributed by atoms with E-state index in [0.717, 1.165) is 19.0 Å². The van der Waals surface area contributed by atoms with Crippen LogP contribution in [-0.4, -0.2) is 29.1 Å². The van der Waals surface area contributed by atoms with Crippen LogP contribution in [0.25, 0.3) is 0 Å². The Kier molecular flexibility index (Phi) is 3.42. The van der Waals surface area contributed by atoms with Crippen LogP contribution in [0, 0.1) is 0 Å². The average Bonchev–Trinajstić information content (AvgIpc) is 2.64. The van der Waals surface area contributed by atoms with Crippen molar-refractivity contribution < 1.29 is 12.6 Å². The van der Waals surface area contributed by atoms with Gasteiger partial charge >= 0.3 is 0 Å². The summed E-state index contributed by atoms with van der Waals surface area (Å²) in [6, 6.07) is 1.26. The van der Waals surface area contributed by atoms with E-state index in [1.54, 1.807) is 0 Å². The maximum absolute atomic E-state index is 12.1. The number of sulfonamides is 1. The van der Waals surface area contributed by atoms with E-state index in [1.165, 1.54) is 12.3 Å². The summed E-state index contributed by atoms with van der Waals surface area (Å²) in [5, 5.41) is 0.211. The SMILES string of the molecule is O=S(=O)(N=S1(=O)CCCC1)c1cncc(Cl)c1. The lowest BCUT2D eigenvalue weighted by Crippen LogP contribution is -2.07. The molecule has 0 spiro atoms. The largest absolute Gasteiger partial charge is 0.291 e. The fourth-order valence-corrected chi connectivity index (χ4v) is 6.18.